The quantitative estimate of drug-likeness (QED) is 0.218. The molecule has 1 aromatic carbocycles. The number of hydrogen-bond acceptors (Lipinski definition) is 5. The Morgan fingerprint density at radius 3 is 2.37 bits per heavy atom. The summed E-state index contributed by atoms with van der Waals surface area (Å²) in [6, 6.07) is 12.7. The molecule has 1 heterocycles. The van der Waals surface area contributed by atoms with Gasteiger partial charge in [0.05, 0.1) is 10.6 Å². The van der Waals surface area contributed by atoms with E-state index in [4.69, 9.17) is 5.26 Å². The number of nitriles is 2. The molecule has 0 aliphatic heterocycles. The topological polar surface area (TPSA) is 67.9 Å². The van der Waals surface area contributed by atoms with E-state index in [1.807, 2.05) is 33.8 Å². The molecular formula is C30H43N3OS. The summed E-state index contributed by atoms with van der Waals surface area (Å²) in [6.07, 6.45) is 7.06. The molecule has 0 N–H and O–H groups in total. The van der Waals surface area contributed by atoms with Crippen molar-refractivity contribution >= 4 is 33.9 Å². The van der Waals surface area contributed by atoms with Crippen molar-refractivity contribution in [3.63, 3.8) is 0 Å². The molecule has 1 atom stereocenters. The van der Waals surface area contributed by atoms with Gasteiger partial charge in [0.25, 0.3) is 0 Å². The fourth-order valence-corrected chi connectivity index (χ4v) is 4.48. The van der Waals surface area contributed by atoms with Gasteiger partial charge in [0, 0.05) is 25.2 Å². The SMILES string of the molecule is C#N.CC.CCCCC(CC)CN(c1ccc(/C=C(/C#N)C(=O)CC(C)C)c(C)c1)c1cccs1. The number of unbranched alkanes of at least 4 members (excludes halogenated alkanes) is 1. The molecule has 0 aliphatic rings. The molecule has 1 aromatic heterocycles. The number of Topliss-reactive ketones (excluding diaryl/α,β-unsaturated/α-hetero) is 1. The number of nitrogens with zero attached hydrogens (tertiary/aromatic N) is 3. The molecule has 0 radical (unpaired) electrons. The number of hydrogen-bond donors (Lipinski definition) is 0. The zero-order valence-corrected chi connectivity index (χ0v) is 23.5. The lowest BCUT2D eigenvalue weighted by Crippen LogP contribution is -2.24. The first kappa shape index (κ1) is 32.1. The van der Waals surface area contributed by atoms with Crippen molar-refractivity contribution in [3.05, 3.63) is 52.4 Å². The normalized spacial score (nSPS) is 11.4. The number of benzene rings is 1. The monoisotopic (exact) mass is 493 g/mol. The highest BCUT2D eigenvalue weighted by molar-refractivity contribution is 7.14. The van der Waals surface area contributed by atoms with E-state index in [2.05, 4.69) is 68.0 Å². The molecule has 0 bridgehead atoms. The van der Waals surface area contributed by atoms with E-state index in [1.54, 1.807) is 17.4 Å². The Morgan fingerprint density at radius 1 is 1.20 bits per heavy atom. The van der Waals surface area contributed by atoms with Crippen LogP contribution in [-0.4, -0.2) is 12.3 Å². The van der Waals surface area contributed by atoms with E-state index in [9.17, 15) is 10.1 Å². The molecular weight excluding hydrogens is 450 g/mol. The van der Waals surface area contributed by atoms with Crippen molar-refractivity contribution in [3.8, 4) is 12.6 Å². The first-order valence-electron chi connectivity index (χ1n) is 12.7. The summed E-state index contributed by atoms with van der Waals surface area (Å²) in [5.74, 6) is 0.815. The van der Waals surface area contributed by atoms with Gasteiger partial charge in [-0.15, -0.1) is 11.3 Å². The van der Waals surface area contributed by atoms with Crippen LogP contribution in [0.4, 0.5) is 10.7 Å². The highest BCUT2D eigenvalue weighted by atomic mass is 32.1. The van der Waals surface area contributed by atoms with Gasteiger partial charge < -0.3 is 4.90 Å². The first-order chi connectivity index (χ1) is 16.9. The number of carbonyl (C=O) groups excluding carboxylic acids is 1. The van der Waals surface area contributed by atoms with E-state index < -0.39 is 0 Å². The van der Waals surface area contributed by atoms with Crippen LogP contribution in [0.15, 0.2) is 41.3 Å². The number of aryl methyl sites for hydroxylation is 1. The highest BCUT2D eigenvalue weighted by Crippen LogP contribution is 2.33. The van der Waals surface area contributed by atoms with Gasteiger partial charge >= 0.3 is 0 Å². The van der Waals surface area contributed by atoms with Crippen LogP contribution in [0.1, 0.15) is 84.8 Å². The molecule has 1 unspecified atom stereocenters. The summed E-state index contributed by atoms with van der Waals surface area (Å²) in [5.41, 5.74) is 3.41. The van der Waals surface area contributed by atoms with E-state index in [0.717, 1.165) is 17.7 Å². The molecule has 0 aliphatic carbocycles. The molecule has 0 fully saturated rings. The molecule has 190 valence electrons. The Morgan fingerprint density at radius 2 is 1.89 bits per heavy atom. The van der Waals surface area contributed by atoms with Gasteiger partial charge in [-0.05, 0) is 72.0 Å². The Bertz CT molecular complexity index is 952. The van der Waals surface area contributed by atoms with Crippen molar-refractivity contribution in [2.75, 3.05) is 11.4 Å². The van der Waals surface area contributed by atoms with Gasteiger partial charge in [0.2, 0.25) is 0 Å². The second-order valence-electron chi connectivity index (χ2n) is 8.71. The van der Waals surface area contributed by atoms with Gasteiger partial charge in [-0.3, -0.25) is 4.79 Å². The van der Waals surface area contributed by atoms with Crippen LogP contribution >= 0.6 is 11.3 Å². The first-order valence-corrected chi connectivity index (χ1v) is 13.6. The minimum absolute atomic E-state index is 0.0806. The van der Waals surface area contributed by atoms with Crippen molar-refractivity contribution in [2.45, 2.75) is 80.6 Å². The number of carbonyl (C=O) groups is 1. The average Bonchev–Trinajstić information content (AvgIpc) is 3.40. The minimum atomic E-state index is -0.0806. The zero-order chi connectivity index (χ0) is 26.8. The van der Waals surface area contributed by atoms with Crippen LogP contribution < -0.4 is 4.90 Å². The number of allylic oxidation sites excluding steroid dienone is 1. The second kappa shape index (κ2) is 18.4. The molecule has 5 heteroatoms. The Balaban J connectivity index is 0.00000274. The van der Waals surface area contributed by atoms with Gasteiger partial charge in [-0.1, -0.05) is 66.9 Å². The number of rotatable bonds is 12. The van der Waals surface area contributed by atoms with E-state index in [-0.39, 0.29) is 17.3 Å². The lowest BCUT2D eigenvalue weighted by Gasteiger charge is -2.28. The predicted octanol–water partition coefficient (Wildman–Crippen LogP) is 9.10. The van der Waals surface area contributed by atoms with Gasteiger partial charge in [-0.2, -0.15) is 5.26 Å². The summed E-state index contributed by atoms with van der Waals surface area (Å²) in [4.78, 5) is 14.8. The number of thiophene rings is 1. The van der Waals surface area contributed by atoms with Crippen LogP contribution in [0.3, 0.4) is 0 Å². The van der Waals surface area contributed by atoms with Crippen LogP contribution in [-0.2, 0) is 4.79 Å². The maximum atomic E-state index is 12.4. The fraction of sp³-hybridized carbons (Fsp3) is 0.500. The molecule has 0 spiro atoms. The van der Waals surface area contributed by atoms with Crippen LogP contribution in [0, 0.1) is 41.9 Å². The molecule has 0 saturated heterocycles. The van der Waals surface area contributed by atoms with E-state index in [0.29, 0.717) is 12.3 Å². The lowest BCUT2D eigenvalue weighted by molar-refractivity contribution is -0.115. The average molecular weight is 494 g/mol. The fourth-order valence-electron chi connectivity index (χ4n) is 3.72. The summed E-state index contributed by atoms with van der Waals surface area (Å²) < 4.78 is 0. The van der Waals surface area contributed by atoms with Crippen molar-refractivity contribution in [2.24, 2.45) is 11.8 Å². The third-order valence-electron chi connectivity index (χ3n) is 5.64. The maximum absolute atomic E-state index is 12.4. The van der Waals surface area contributed by atoms with Gasteiger partial charge in [0.1, 0.15) is 6.07 Å². The molecule has 2 aromatic rings. The minimum Gasteiger partial charge on any atom is -0.333 e. The van der Waals surface area contributed by atoms with Crippen molar-refractivity contribution in [1.82, 2.24) is 0 Å². The zero-order valence-electron chi connectivity index (χ0n) is 22.7. The lowest BCUT2D eigenvalue weighted by atomic mass is 9.97. The molecule has 4 nitrogen and oxygen atoms in total. The second-order valence-corrected chi connectivity index (χ2v) is 9.64. The Hall–Kier alpha value is -2.89. The smallest absolute Gasteiger partial charge is 0.173 e. The van der Waals surface area contributed by atoms with Crippen LogP contribution in [0.5, 0.6) is 0 Å². The van der Waals surface area contributed by atoms with E-state index >= 15 is 0 Å². The Kier molecular flexibility index (Phi) is 16.9. The molecule has 35 heavy (non-hydrogen) atoms. The predicted molar refractivity (Wildman–Crippen MR) is 152 cm³/mol. The summed E-state index contributed by atoms with van der Waals surface area (Å²) in [7, 11) is 0. The molecule has 0 saturated carbocycles. The third-order valence-corrected chi connectivity index (χ3v) is 6.53. The number of ketones is 1. The standard InChI is InChI=1S/C27H36N2OS.C2H6.CHN/c1-6-8-10-22(7-2)19-29(27-11-9-14-31-27)25-13-12-23(21(5)16-25)17-24(18-28)26(30)15-20(3)4;2*1-2/h9,11-14,16-17,20,22H,6-8,10,15,19H2,1-5H3;1-2H3;1H/b24-17-;;. The molecule has 2 rings (SSSR count). The summed E-state index contributed by atoms with van der Waals surface area (Å²) in [5, 5.41) is 19.4. The highest BCUT2D eigenvalue weighted by Gasteiger charge is 2.17. The summed E-state index contributed by atoms with van der Waals surface area (Å²) >= 11 is 1.76. The van der Waals surface area contributed by atoms with Crippen molar-refractivity contribution < 1.29 is 4.79 Å². The maximum Gasteiger partial charge on any atom is 0.173 e. The number of anilines is 2. The van der Waals surface area contributed by atoms with E-state index in [1.165, 1.54) is 36.4 Å². The third kappa shape index (κ3) is 10.9. The largest absolute Gasteiger partial charge is 0.333 e. The summed E-state index contributed by atoms with van der Waals surface area (Å²) in [6.45, 7) is 19.1. The molecule has 0 amide bonds. The van der Waals surface area contributed by atoms with Crippen LogP contribution in [0.2, 0.25) is 0 Å². The Labute approximate surface area is 217 Å². The van der Waals surface area contributed by atoms with Gasteiger partial charge in [-0.25, -0.2) is 5.26 Å². The van der Waals surface area contributed by atoms with Crippen LogP contribution in [0.25, 0.3) is 6.08 Å². The van der Waals surface area contributed by atoms with Gasteiger partial charge in [0.15, 0.2) is 5.78 Å². The van der Waals surface area contributed by atoms with Crippen molar-refractivity contribution in [1.29, 1.82) is 10.5 Å².